The summed E-state index contributed by atoms with van der Waals surface area (Å²) in [6.07, 6.45) is 1.48. The maximum Gasteiger partial charge on any atom is 0.259 e. The Morgan fingerprint density at radius 3 is 2.75 bits per heavy atom. The van der Waals surface area contributed by atoms with Gasteiger partial charge in [-0.1, -0.05) is 35.6 Å². The lowest BCUT2D eigenvalue weighted by molar-refractivity contribution is 0.102. The molecular weight excluding hydrogens is 276 g/mol. The molecule has 0 saturated heterocycles. The molecule has 4 N–H and O–H groups in total. The van der Waals surface area contributed by atoms with E-state index in [2.05, 4.69) is 25.9 Å². The van der Waals surface area contributed by atoms with Crippen LogP contribution in [0.15, 0.2) is 36.0 Å². The highest BCUT2D eigenvalue weighted by Crippen LogP contribution is 2.24. The van der Waals surface area contributed by atoms with Crippen molar-refractivity contribution in [1.29, 1.82) is 0 Å². The van der Waals surface area contributed by atoms with Crippen molar-refractivity contribution in [2.45, 2.75) is 0 Å². The number of nitrogens with two attached hydrogens (primary N) is 1. The van der Waals surface area contributed by atoms with E-state index < -0.39 is 0 Å². The number of fused-ring (bicyclic) bond motifs is 1. The summed E-state index contributed by atoms with van der Waals surface area (Å²) < 4.78 is 0. The number of hydrazine groups is 1. The van der Waals surface area contributed by atoms with E-state index in [0.717, 1.165) is 10.8 Å². The van der Waals surface area contributed by atoms with Gasteiger partial charge in [0.1, 0.15) is 11.3 Å². The lowest BCUT2D eigenvalue weighted by Gasteiger charge is -2.09. The standard InChI is InChI=1S/C12H10N6OS/c13-17-10-8-4-2-1-3-7(8)9(5-14-10)11(19)16-12-18-15-6-20-12/h1-6H,13H2,(H,14,17)(H,16,18,19). The van der Waals surface area contributed by atoms with E-state index in [1.807, 2.05) is 24.3 Å². The minimum Gasteiger partial charge on any atom is -0.308 e. The van der Waals surface area contributed by atoms with Crippen LogP contribution in [-0.2, 0) is 0 Å². The lowest BCUT2D eigenvalue weighted by Crippen LogP contribution is -2.14. The first kappa shape index (κ1) is 12.5. The van der Waals surface area contributed by atoms with Crippen molar-refractivity contribution < 1.29 is 4.79 Å². The number of nitrogens with zero attached hydrogens (tertiary/aromatic N) is 3. The van der Waals surface area contributed by atoms with E-state index >= 15 is 0 Å². The second kappa shape index (κ2) is 5.19. The zero-order valence-electron chi connectivity index (χ0n) is 10.2. The summed E-state index contributed by atoms with van der Waals surface area (Å²) in [6, 6.07) is 7.40. The van der Waals surface area contributed by atoms with Gasteiger partial charge >= 0.3 is 0 Å². The highest BCUT2D eigenvalue weighted by atomic mass is 32.1. The Balaban J connectivity index is 2.05. The van der Waals surface area contributed by atoms with Crippen molar-refractivity contribution in [2.75, 3.05) is 10.7 Å². The summed E-state index contributed by atoms with van der Waals surface area (Å²) in [4.78, 5) is 16.4. The van der Waals surface area contributed by atoms with Crippen LogP contribution >= 0.6 is 11.3 Å². The molecular formula is C12H10N6OS. The molecule has 1 aromatic carbocycles. The van der Waals surface area contributed by atoms with Crippen LogP contribution < -0.4 is 16.6 Å². The molecule has 7 nitrogen and oxygen atoms in total. The Morgan fingerprint density at radius 1 is 1.25 bits per heavy atom. The van der Waals surface area contributed by atoms with E-state index in [1.165, 1.54) is 17.5 Å². The predicted molar refractivity (Wildman–Crippen MR) is 77.4 cm³/mol. The maximum atomic E-state index is 12.3. The van der Waals surface area contributed by atoms with Gasteiger partial charge in [-0.05, 0) is 5.39 Å². The zero-order chi connectivity index (χ0) is 13.9. The Hall–Kier alpha value is -2.58. The predicted octanol–water partition coefficient (Wildman–Crippen LogP) is 1.62. The number of nitrogen functional groups attached to an aromatic ring is 1. The number of nitrogens with one attached hydrogen (secondary N) is 2. The fourth-order valence-electron chi connectivity index (χ4n) is 1.88. The number of rotatable bonds is 3. The number of aromatic nitrogens is 3. The normalized spacial score (nSPS) is 10.4. The Morgan fingerprint density at radius 2 is 2.05 bits per heavy atom. The third-order valence-electron chi connectivity index (χ3n) is 2.76. The van der Waals surface area contributed by atoms with Crippen molar-refractivity contribution in [3.05, 3.63) is 41.5 Å². The first-order valence-corrected chi connectivity index (χ1v) is 6.59. The molecule has 0 aliphatic heterocycles. The molecule has 0 aliphatic carbocycles. The topological polar surface area (TPSA) is 106 Å². The Bertz CT molecular complexity index is 758. The maximum absolute atomic E-state index is 12.3. The van der Waals surface area contributed by atoms with Crippen LogP contribution in [0.3, 0.4) is 0 Å². The van der Waals surface area contributed by atoms with Crippen molar-refractivity contribution in [2.24, 2.45) is 5.84 Å². The van der Waals surface area contributed by atoms with Crippen molar-refractivity contribution in [3.8, 4) is 0 Å². The Labute approximate surface area is 117 Å². The summed E-state index contributed by atoms with van der Waals surface area (Å²) in [6.45, 7) is 0. The van der Waals surface area contributed by atoms with Crippen LogP contribution in [0.4, 0.5) is 10.9 Å². The van der Waals surface area contributed by atoms with Gasteiger partial charge in [0.25, 0.3) is 5.91 Å². The highest BCUT2D eigenvalue weighted by Gasteiger charge is 2.14. The zero-order valence-corrected chi connectivity index (χ0v) is 11.0. The molecule has 100 valence electrons. The van der Waals surface area contributed by atoms with Gasteiger partial charge in [-0.3, -0.25) is 10.1 Å². The highest BCUT2D eigenvalue weighted by molar-refractivity contribution is 7.13. The van der Waals surface area contributed by atoms with E-state index in [1.54, 1.807) is 5.51 Å². The molecule has 3 rings (SSSR count). The van der Waals surface area contributed by atoms with E-state index in [9.17, 15) is 4.79 Å². The van der Waals surface area contributed by atoms with Gasteiger partial charge in [0, 0.05) is 11.6 Å². The van der Waals surface area contributed by atoms with Crippen LogP contribution in [0.2, 0.25) is 0 Å². The molecule has 0 aliphatic rings. The van der Waals surface area contributed by atoms with Gasteiger partial charge in [-0.2, -0.15) is 0 Å². The summed E-state index contributed by atoms with van der Waals surface area (Å²) in [5.74, 6) is 5.66. The van der Waals surface area contributed by atoms with E-state index in [0.29, 0.717) is 16.5 Å². The number of carbonyl (C=O) groups excluding carboxylic acids is 1. The number of anilines is 2. The van der Waals surface area contributed by atoms with Gasteiger partial charge in [0.2, 0.25) is 5.13 Å². The van der Waals surface area contributed by atoms with E-state index in [4.69, 9.17) is 5.84 Å². The lowest BCUT2D eigenvalue weighted by atomic mass is 10.1. The molecule has 8 heteroatoms. The minimum absolute atomic E-state index is 0.283. The Kier molecular flexibility index (Phi) is 3.23. The van der Waals surface area contributed by atoms with Crippen molar-refractivity contribution >= 4 is 39.0 Å². The third-order valence-corrected chi connectivity index (χ3v) is 3.36. The van der Waals surface area contributed by atoms with Crippen LogP contribution in [-0.4, -0.2) is 21.1 Å². The number of hydrogen-bond donors (Lipinski definition) is 3. The molecule has 0 atom stereocenters. The van der Waals surface area contributed by atoms with Crippen LogP contribution in [0.5, 0.6) is 0 Å². The van der Waals surface area contributed by atoms with Gasteiger partial charge in [-0.25, -0.2) is 10.8 Å². The molecule has 0 unspecified atom stereocenters. The van der Waals surface area contributed by atoms with Crippen LogP contribution in [0.1, 0.15) is 10.4 Å². The van der Waals surface area contributed by atoms with Gasteiger partial charge in [0.15, 0.2) is 0 Å². The molecule has 2 heterocycles. The second-order valence-corrected chi connectivity index (χ2v) is 4.74. The number of benzene rings is 1. The molecule has 0 bridgehead atoms. The van der Waals surface area contributed by atoms with Gasteiger partial charge < -0.3 is 5.43 Å². The quantitative estimate of drug-likeness (QED) is 0.499. The van der Waals surface area contributed by atoms with Crippen LogP contribution in [0, 0.1) is 0 Å². The van der Waals surface area contributed by atoms with Gasteiger partial charge in [-0.15, -0.1) is 10.2 Å². The first-order chi connectivity index (χ1) is 9.79. The molecule has 0 saturated carbocycles. The fourth-order valence-corrected chi connectivity index (χ4v) is 2.32. The largest absolute Gasteiger partial charge is 0.308 e. The monoisotopic (exact) mass is 286 g/mol. The molecule has 20 heavy (non-hydrogen) atoms. The molecule has 3 aromatic rings. The average Bonchev–Trinajstić information content (AvgIpc) is 2.99. The SMILES string of the molecule is NNc1ncc(C(=O)Nc2nncs2)c2ccccc12. The summed E-state index contributed by atoms with van der Waals surface area (Å²) in [5, 5.41) is 12.1. The summed E-state index contributed by atoms with van der Waals surface area (Å²) >= 11 is 1.25. The number of hydrogen-bond acceptors (Lipinski definition) is 7. The first-order valence-electron chi connectivity index (χ1n) is 5.71. The van der Waals surface area contributed by atoms with E-state index in [-0.39, 0.29) is 5.91 Å². The second-order valence-electron chi connectivity index (χ2n) is 3.91. The summed E-state index contributed by atoms with van der Waals surface area (Å²) in [5.41, 5.74) is 4.52. The van der Waals surface area contributed by atoms with Crippen molar-refractivity contribution in [1.82, 2.24) is 15.2 Å². The average molecular weight is 286 g/mol. The van der Waals surface area contributed by atoms with Crippen molar-refractivity contribution in [3.63, 3.8) is 0 Å². The van der Waals surface area contributed by atoms with Gasteiger partial charge in [0.05, 0.1) is 5.56 Å². The number of pyridine rings is 1. The molecule has 0 fully saturated rings. The fraction of sp³-hybridized carbons (Fsp3) is 0. The smallest absolute Gasteiger partial charge is 0.259 e. The van der Waals surface area contributed by atoms with Crippen LogP contribution in [0.25, 0.3) is 10.8 Å². The number of amides is 1. The molecule has 0 spiro atoms. The third kappa shape index (κ3) is 2.17. The minimum atomic E-state index is -0.283. The summed E-state index contributed by atoms with van der Waals surface area (Å²) in [7, 11) is 0. The number of carbonyl (C=O) groups is 1. The molecule has 2 aromatic heterocycles. The molecule has 1 amide bonds. The molecule has 0 radical (unpaired) electrons.